The predicted molar refractivity (Wildman–Crippen MR) is 58.3 cm³/mol. The van der Waals surface area contributed by atoms with Gasteiger partial charge in [-0.3, -0.25) is 0 Å². The molecule has 1 aromatic heterocycles. The lowest BCUT2D eigenvalue weighted by atomic mass is 10.3. The summed E-state index contributed by atoms with van der Waals surface area (Å²) in [6.45, 7) is 0. The van der Waals surface area contributed by atoms with Gasteiger partial charge in [0.2, 0.25) is 17.8 Å². The molecule has 0 aliphatic carbocycles. The van der Waals surface area contributed by atoms with E-state index in [2.05, 4.69) is 15.3 Å². The van der Waals surface area contributed by atoms with E-state index < -0.39 is 5.95 Å². The quantitative estimate of drug-likeness (QED) is 0.805. The van der Waals surface area contributed by atoms with Crippen molar-refractivity contribution in [2.45, 2.75) is 0 Å². The standard InChI is InChI=1S/C11H10FN3O/c1-16-10-7-9(12)14-11(15-10)13-8-5-3-2-4-6-8/h2-7H,1H3,(H,13,14,15). The van der Waals surface area contributed by atoms with Crippen LogP contribution >= 0.6 is 0 Å². The molecule has 1 heterocycles. The third-order valence-electron chi connectivity index (χ3n) is 1.91. The highest BCUT2D eigenvalue weighted by Gasteiger charge is 2.04. The van der Waals surface area contributed by atoms with Crippen molar-refractivity contribution in [3.63, 3.8) is 0 Å². The summed E-state index contributed by atoms with van der Waals surface area (Å²) < 4.78 is 17.9. The molecule has 0 saturated carbocycles. The zero-order valence-corrected chi connectivity index (χ0v) is 8.64. The van der Waals surface area contributed by atoms with E-state index in [0.29, 0.717) is 0 Å². The van der Waals surface area contributed by atoms with Crippen LogP contribution in [0.1, 0.15) is 0 Å². The molecule has 82 valence electrons. The number of hydrogen-bond acceptors (Lipinski definition) is 4. The van der Waals surface area contributed by atoms with Gasteiger partial charge in [0, 0.05) is 5.69 Å². The Bertz CT molecular complexity index is 476. The van der Waals surface area contributed by atoms with Crippen molar-refractivity contribution in [3.8, 4) is 5.88 Å². The van der Waals surface area contributed by atoms with Crippen LogP contribution in [-0.4, -0.2) is 17.1 Å². The van der Waals surface area contributed by atoms with Crippen LogP contribution in [0.2, 0.25) is 0 Å². The molecule has 0 aliphatic rings. The Hall–Kier alpha value is -2.17. The summed E-state index contributed by atoms with van der Waals surface area (Å²) in [6.07, 6.45) is 0. The fourth-order valence-corrected chi connectivity index (χ4v) is 1.21. The van der Waals surface area contributed by atoms with Gasteiger partial charge in [-0.1, -0.05) is 18.2 Å². The zero-order valence-electron chi connectivity index (χ0n) is 8.64. The van der Waals surface area contributed by atoms with E-state index >= 15 is 0 Å². The van der Waals surface area contributed by atoms with Crippen molar-refractivity contribution in [2.75, 3.05) is 12.4 Å². The molecular formula is C11H10FN3O. The minimum absolute atomic E-state index is 0.169. The average molecular weight is 219 g/mol. The van der Waals surface area contributed by atoms with E-state index in [4.69, 9.17) is 4.74 Å². The van der Waals surface area contributed by atoms with Gasteiger partial charge in [0.25, 0.3) is 0 Å². The number of rotatable bonds is 3. The van der Waals surface area contributed by atoms with Crippen LogP contribution in [0.4, 0.5) is 16.0 Å². The molecule has 0 bridgehead atoms. The Morgan fingerprint density at radius 3 is 2.62 bits per heavy atom. The second-order valence-electron chi connectivity index (χ2n) is 3.05. The lowest BCUT2D eigenvalue weighted by molar-refractivity contribution is 0.392. The van der Waals surface area contributed by atoms with Crippen molar-refractivity contribution in [1.29, 1.82) is 0 Å². The summed E-state index contributed by atoms with van der Waals surface area (Å²) in [5.41, 5.74) is 0.787. The first-order valence-electron chi connectivity index (χ1n) is 4.68. The number of methoxy groups -OCH3 is 1. The average Bonchev–Trinajstić information content (AvgIpc) is 2.29. The van der Waals surface area contributed by atoms with Gasteiger partial charge in [-0.05, 0) is 12.1 Å². The van der Waals surface area contributed by atoms with Crippen LogP contribution in [0.3, 0.4) is 0 Å². The molecule has 0 fully saturated rings. The number of para-hydroxylation sites is 1. The molecule has 2 rings (SSSR count). The molecule has 0 radical (unpaired) electrons. The third kappa shape index (κ3) is 2.44. The van der Waals surface area contributed by atoms with Crippen LogP contribution < -0.4 is 10.1 Å². The van der Waals surface area contributed by atoms with Crippen molar-refractivity contribution in [2.24, 2.45) is 0 Å². The summed E-state index contributed by atoms with van der Waals surface area (Å²) >= 11 is 0. The number of aromatic nitrogens is 2. The minimum atomic E-state index is -0.634. The molecule has 0 spiro atoms. The van der Waals surface area contributed by atoms with Gasteiger partial charge in [-0.2, -0.15) is 14.4 Å². The highest BCUT2D eigenvalue weighted by Crippen LogP contribution is 2.15. The highest BCUT2D eigenvalue weighted by molar-refractivity contribution is 5.52. The maximum Gasteiger partial charge on any atom is 0.233 e. The molecule has 0 unspecified atom stereocenters. The number of halogens is 1. The summed E-state index contributed by atoms with van der Waals surface area (Å²) in [5.74, 6) is -0.278. The first kappa shape index (κ1) is 10.4. The molecule has 0 saturated heterocycles. The number of benzene rings is 1. The van der Waals surface area contributed by atoms with E-state index in [1.54, 1.807) is 0 Å². The zero-order chi connectivity index (χ0) is 11.4. The first-order chi connectivity index (χ1) is 7.78. The maximum absolute atomic E-state index is 13.0. The van der Waals surface area contributed by atoms with Crippen LogP contribution in [-0.2, 0) is 0 Å². The lowest BCUT2D eigenvalue weighted by Gasteiger charge is -2.05. The van der Waals surface area contributed by atoms with Crippen molar-refractivity contribution >= 4 is 11.6 Å². The topological polar surface area (TPSA) is 47.0 Å². The molecule has 0 atom stereocenters. The fourth-order valence-electron chi connectivity index (χ4n) is 1.21. The number of anilines is 2. The lowest BCUT2D eigenvalue weighted by Crippen LogP contribution is -2.00. The normalized spacial score (nSPS) is 9.88. The number of nitrogens with zero attached hydrogens (tertiary/aromatic N) is 2. The molecule has 1 aromatic carbocycles. The van der Waals surface area contributed by atoms with Crippen molar-refractivity contribution in [3.05, 3.63) is 42.3 Å². The SMILES string of the molecule is COc1cc(F)nc(Nc2ccccc2)n1. The van der Waals surface area contributed by atoms with Gasteiger partial charge in [-0.25, -0.2) is 0 Å². The fraction of sp³-hybridized carbons (Fsp3) is 0.0909. The number of hydrogen-bond donors (Lipinski definition) is 1. The van der Waals surface area contributed by atoms with Crippen molar-refractivity contribution < 1.29 is 9.13 Å². The molecule has 4 nitrogen and oxygen atoms in total. The van der Waals surface area contributed by atoms with Gasteiger partial charge in [0.15, 0.2) is 0 Å². The minimum Gasteiger partial charge on any atom is -0.481 e. The third-order valence-corrected chi connectivity index (χ3v) is 1.91. The second kappa shape index (κ2) is 4.57. The smallest absolute Gasteiger partial charge is 0.233 e. The Balaban J connectivity index is 2.24. The molecule has 5 heteroatoms. The van der Waals surface area contributed by atoms with Gasteiger partial charge in [0.1, 0.15) is 0 Å². The van der Waals surface area contributed by atoms with Gasteiger partial charge >= 0.3 is 0 Å². The molecule has 0 aliphatic heterocycles. The molecule has 1 N–H and O–H groups in total. The second-order valence-corrected chi connectivity index (χ2v) is 3.05. The Labute approximate surface area is 92.1 Å². The van der Waals surface area contributed by atoms with Crippen molar-refractivity contribution in [1.82, 2.24) is 9.97 Å². The van der Waals surface area contributed by atoms with E-state index in [-0.39, 0.29) is 11.8 Å². The largest absolute Gasteiger partial charge is 0.481 e. The van der Waals surface area contributed by atoms with E-state index in [1.165, 1.54) is 7.11 Å². The Morgan fingerprint density at radius 2 is 1.94 bits per heavy atom. The number of ether oxygens (including phenoxy) is 1. The van der Waals surface area contributed by atoms with Gasteiger partial charge in [-0.15, -0.1) is 0 Å². The molecule has 16 heavy (non-hydrogen) atoms. The maximum atomic E-state index is 13.0. The summed E-state index contributed by atoms with van der Waals surface area (Å²) in [7, 11) is 1.42. The van der Waals surface area contributed by atoms with Gasteiger partial charge < -0.3 is 10.1 Å². The van der Waals surface area contributed by atoms with Crippen LogP contribution in [0.5, 0.6) is 5.88 Å². The summed E-state index contributed by atoms with van der Waals surface area (Å²) in [6, 6.07) is 10.4. The molecule has 0 amide bonds. The summed E-state index contributed by atoms with van der Waals surface area (Å²) in [4.78, 5) is 7.57. The monoisotopic (exact) mass is 219 g/mol. The van der Waals surface area contributed by atoms with Crippen LogP contribution in [0.25, 0.3) is 0 Å². The van der Waals surface area contributed by atoms with E-state index in [0.717, 1.165) is 11.8 Å². The Kier molecular flexibility index (Phi) is 2.95. The van der Waals surface area contributed by atoms with E-state index in [9.17, 15) is 4.39 Å². The highest BCUT2D eigenvalue weighted by atomic mass is 19.1. The first-order valence-corrected chi connectivity index (χ1v) is 4.68. The summed E-state index contributed by atoms with van der Waals surface area (Å²) in [5, 5.41) is 2.88. The predicted octanol–water partition coefficient (Wildman–Crippen LogP) is 2.37. The molecule has 2 aromatic rings. The number of nitrogens with one attached hydrogen (secondary N) is 1. The van der Waals surface area contributed by atoms with E-state index in [1.807, 2.05) is 30.3 Å². The van der Waals surface area contributed by atoms with Crippen LogP contribution in [0, 0.1) is 5.95 Å². The van der Waals surface area contributed by atoms with Gasteiger partial charge in [0.05, 0.1) is 13.2 Å². The Morgan fingerprint density at radius 1 is 1.19 bits per heavy atom. The molecular weight excluding hydrogens is 209 g/mol. The van der Waals surface area contributed by atoms with Crippen LogP contribution in [0.15, 0.2) is 36.4 Å².